The number of phenols is 1. The number of ether oxygens (including phenoxy) is 1. The Hall–Kier alpha value is -2.45. The quantitative estimate of drug-likeness (QED) is 0.392. The lowest BCUT2D eigenvalue weighted by Crippen LogP contribution is -3.00. The molecule has 1 heterocycles. The van der Waals surface area contributed by atoms with E-state index in [2.05, 4.69) is 20.4 Å². The van der Waals surface area contributed by atoms with E-state index in [9.17, 15) is 14.7 Å². The van der Waals surface area contributed by atoms with Gasteiger partial charge in [0.25, 0.3) is 5.91 Å². The van der Waals surface area contributed by atoms with E-state index in [1.807, 2.05) is 0 Å². The summed E-state index contributed by atoms with van der Waals surface area (Å²) >= 11 is 6.02. The molecule has 8 nitrogen and oxygen atoms in total. The number of methoxy groups -OCH3 is 1. The lowest BCUT2D eigenvalue weighted by molar-refractivity contribution is -0.682. The van der Waals surface area contributed by atoms with Crippen molar-refractivity contribution in [3.8, 4) is 5.75 Å². The SMILES string of the molecule is COC(=O)Nc1cc(Cl)c(NC(=O)C[n+]2cc[nH]c2)cc1O.[Cl-]. The lowest BCUT2D eigenvalue weighted by atomic mass is 10.2. The van der Waals surface area contributed by atoms with Gasteiger partial charge in [-0.05, 0) is 6.07 Å². The highest BCUT2D eigenvalue weighted by atomic mass is 35.5. The Bertz CT molecular complexity index is 692. The number of halogens is 2. The van der Waals surface area contributed by atoms with Crippen LogP contribution in [0, 0.1) is 0 Å². The van der Waals surface area contributed by atoms with E-state index in [-0.39, 0.29) is 47.0 Å². The van der Waals surface area contributed by atoms with Crippen molar-refractivity contribution in [1.29, 1.82) is 0 Å². The molecule has 0 bridgehead atoms. The molecular formula is C13H14Cl2N4O4. The summed E-state index contributed by atoms with van der Waals surface area (Å²) in [7, 11) is 1.20. The summed E-state index contributed by atoms with van der Waals surface area (Å²) in [5.74, 6) is -0.570. The fourth-order valence-electron chi connectivity index (χ4n) is 1.69. The molecule has 0 aliphatic carbocycles. The number of nitrogens with zero attached hydrogens (tertiary/aromatic N) is 1. The van der Waals surface area contributed by atoms with Gasteiger partial charge in [-0.3, -0.25) is 15.1 Å². The van der Waals surface area contributed by atoms with Crippen molar-refractivity contribution < 1.29 is 36.4 Å². The van der Waals surface area contributed by atoms with Crippen LogP contribution in [0.4, 0.5) is 16.2 Å². The number of benzene rings is 1. The van der Waals surface area contributed by atoms with Crippen LogP contribution in [0.2, 0.25) is 5.02 Å². The number of anilines is 2. The van der Waals surface area contributed by atoms with Gasteiger partial charge in [-0.1, -0.05) is 11.6 Å². The van der Waals surface area contributed by atoms with Gasteiger partial charge in [-0.25, -0.2) is 9.36 Å². The van der Waals surface area contributed by atoms with Crippen LogP contribution in [0.25, 0.3) is 0 Å². The number of aromatic hydroxyl groups is 1. The molecule has 2 amide bonds. The molecule has 0 aliphatic rings. The van der Waals surface area contributed by atoms with Crippen LogP contribution in [-0.2, 0) is 16.1 Å². The van der Waals surface area contributed by atoms with Crippen molar-refractivity contribution in [3.05, 3.63) is 35.9 Å². The molecule has 0 saturated heterocycles. The highest BCUT2D eigenvalue weighted by Gasteiger charge is 2.14. The lowest BCUT2D eigenvalue weighted by Gasteiger charge is -2.11. The van der Waals surface area contributed by atoms with Crippen molar-refractivity contribution in [2.45, 2.75) is 6.54 Å². The van der Waals surface area contributed by atoms with Crippen LogP contribution in [-0.4, -0.2) is 29.2 Å². The van der Waals surface area contributed by atoms with E-state index >= 15 is 0 Å². The van der Waals surface area contributed by atoms with Crippen molar-refractivity contribution in [1.82, 2.24) is 4.98 Å². The number of hydrogen-bond donors (Lipinski definition) is 4. The first-order valence-electron chi connectivity index (χ1n) is 6.18. The summed E-state index contributed by atoms with van der Waals surface area (Å²) in [5.41, 5.74) is 0.311. The number of rotatable bonds is 4. The summed E-state index contributed by atoms with van der Waals surface area (Å²) in [5, 5.41) is 14.9. The number of hydrogen-bond acceptors (Lipinski definition) is 4. The molecule has 0 saturated carbocycles. The molecule has 0 radical (unpaired) electrons. The van der Waals surface area contributed by atoms with E-state index in [0.717, 1.165) is 0 Å². The summed E-state index contributed by atoms with van der Waals surface area (Å²) < 4.78 is 6.06. The number of carbonyl (C=O) groups is 2. The Kier molecular flexibility index (Phi) is 6.67. The van der Waals surface area contributed by atoms with E-state index in [1.54, 1.807) is 23.3 Å². The summed E-state index contributed by atoms with van der Waals surface area (Å²) in [6.45, 7) is 0.0861. The Morgan fingerprint density at radius 3 is 2.70 bits per heavy atom. The molecule has 2 aromatic rings. The minimum Gasteiger partial charge on any atom is -1.00 e. The van der Waals surface area contributed by atoms with Gasteiger partial charge in [0.15, 0.2) is 6.54 Å². The van der Waals surface area contributed by atoms with Crippen LogP contribution in [0.3, 0.4) is 0 Å². The van der Waals surface area contributed by atoms with Gasteiger partial charge >= 0.3 is 6.09 Å². The van der Waals surface area contributed by atoms with Crippen molar-refractivity contribution in [2.75, 3.05) is 17.7 Å². The fourth-order valence-corrected chi connectivity index (χ4v) is 1.90. The summed E-state index contributed by atoms with van der Waals surface area (Å²) in [6, 6.07) is 2.56. The van der Waals surface area contributed by atoms with Crippen molar-refractivity contribution >= 4 is 35.0 Å². The third-order valence-corrected chi connectivity index (χ3v) is 3.02. The van der Waals surface area contributed by atoms with Crippen LogP contribution < -0.4 is 27.6 Å². The standard InChI is InChI=1S/C13H13ClN4O4.ClH/c1-22-13(21)17-10-4-8(14)9(5-11(10)19)16-12(20)6-18-3-2-15-7-18;/h2-5,7H,6H2,1H3,(H3,16,17,19,20,21);1H. The third-order valence-electron chi connectivity index (χ3n) is 2.71. The second kappa shape index (κ2) is 8.25. The maximum Gasteiger partial charge on any atom is 0.411 e. The highest BCUT2D eigenvalue weighted by Crippen LogP contribution is 2.33. The first-order chi connectivity index (χ1) is 10.5. The Balaban J connectivity index is 0.00000264. The number of aromatic nitrogens is 2. The normalized spacial score (nSPS) is 9.65. The topological polar surface area (TPSA) is 107 Å². The highest BCUT2D eigenvalue weighted by molar-refractivity contribution is 6.34. The minimum atomic E-state index is -0.744. The van der Waals surface area contributed by atoms with Crippen LogP contribution in [0.5, 0.6) is 5.75 Å². The van der Waals surface area contributed by atoms with E-state index in [4.69, 9.17) is 11.6 Å². The number of nitrogens with one attached hydrogen (secondary N) is 3. The van der Waals surface area contributed by atoms with Gasteiger partial charge < -0.3 is 27.6 Å². The van der Waals surface area contributed by atoms with Gasteiger partial charge in [-0.2, -0.15) is 0 Å². The molecule has 4 N–H and O–H groups in total. The molecular weight excluding hydrogens is 347 g/mol. The average Bonchev–Trinajstić information content (AvgIpc) is 2.96. The molecule has 1 aromatic heterocycles. The van der Waals surface area contributed by atoms with Crippen molar-refractivity contribution in [3.63, 3.8) is 0 Å². The van der Waals surface area contributed by atoms with Crippen molar-refractivity contribution in [2.24, 2.45) is 0 Å². The Labute approximate surface area is 142 Å². The summed E-state index contributed by atoms with van der Waals surface area (Å²) in [6.07, 6.45) is 4.26. The maximum atomic E-state index is 11.9. The molecule has 2 rings (SSSR count). The van der Waals surface area contributed by atoms with Crippen LogP contribution in [0.15, 0.2) is 30.9 Å². The smallest absolute Gasteiger partial charge is 0.411 e. The van der Waals surface area contributed by atoms with E-state index < -0.39 is 6.09 Å². The average molecular weight is 361 g/mol. The fraction of sp³-hybridized carbons (Fsp3) is 0.154. The predicted molar refractivity (Wildman–Crippen MR) is 78.8 cm³/mol. The van der Waals surface area contributed by atoms with Gasteiger partial charge in [-0.15, -0.1) is 0 Å². The third kappa shape index (κ3) is 5.04. The molecule has 0 aliphatic heterocycles. The zero-order valence-electron chi connectivity index (χ0n) is 12.0. The minimum absolute atomic E-state index is 0. The number of phenolic OH excluding ortho intramolecular Hbond substituents is 1. The second-order valence-electron chi connectivity index (χ2n) is 4.30. The van der Waals surface area contributed by atoms with E-state index in [0.29, 0.717) is 0 Å². The van der Waals surface area contributed by atoms with E-state index in [1.165, 1.54) is 19.2 Å². The summed E-state index contributed by atoms with van der Waals surface area (Å²) in [4.78, 5) is 25.8. The molecule has 0 unspecified atom stereocenters. The number of carbonyl (C=O) groups excluding carboxylic acids is 2. The van der Waals surface area contributed by atoms with Crippen LogP contribution in [0.1, 0.15) is 0 Å². The van der Waals surface area contributed by atoms with Crippen LogP contribution >= 0.6 is 11.6 Å². The second-order valence-corrected chi connectivity index (χ2v) is 4.70. The largest absolute Gasteiger partial charge is 1.00 e. The Morgan fingerprint density at radius 1 is 1.35 bits per heavy atom. The first-order valence-corrected chi connectivity index (χ1v) is 6.56. The molecule has 23 heavy (non-hydrogen) atoms. The zero-order chi connectivity index (χ0) is 16.1. The number of amides is 2. The number of H-pyrrole nitrogens is 1. The molecule has 0 spiro atoms. The molecule has 1 aromatic carbocycles. The van der Waals surface area contributed by atoms with Gasteiger partial charge in [0.2, 0.25) is 6.33 Å². The monoisotopic (exact) mass is 360 g/mol. The molecule has 0 atom stereocenters. The first kappa shape index (κ1) is 18.6. The number of aromatic amines is 1. The predicted octanol–water partition coefficient (Wildman–Crippen LogP) is -1.52. The Morgan fingerprint density at radius 2 is 2.09 bits per heavy atom. The molecule has 124 valence electrons. The molecule has 0 fully saturated rings. The van der Waals surface area contributed by atoms with Gasteiger partial charge in [0, 0.05) is 6.07 Å². The van der Waals surface area contributed by atoms with Gasteiger partial charge in [0.1, 0.15) is 18.1 Å². The zero-order valence-corrected chi connectivity index (χ0v) is 13.5. The molecule has 10 heteroatoms. The number of imidazole rings is 1. The maximum absolute atomic E-state index is 11.9. The van der Waals surface area contributed by atoms with Gasteiger partial charge in [0.05, 0.1) is 23.5 Å².